The molecule has 0 heterocycles. The number of carbonyl (C=O) groups is 1. The molecule has 1 fully saturated rings. The van der Waals surface area contributed by atoms with Crippen molar-refractivity contribution in [2.75, 3.05) is 0 Å². The summed E-state index contributed by atoms with van der Waals surface area (Å²) in [5.41, 5.74) is 5.00. The van der Waals surface area contributed by atoms with E-state index in [0.717, 1.165) is 12.8 Å². The van der Waals surface area contributed by atoms with E-state index in [4.69, 9.17) is 10.5 Å². The van der Waals surface area contributed by atoms with Crippen molar-refractivity contribution in [2.45, 2.75) is 66.0 Å². The van der Waals surface area contributed by atoms with Gasteiger partial charge in [0.25, 0.3) is 0 Å². The van der Waals surface area contributed by atoms with Gasteiger partial charge in [0, 0.05) is 6.04 Å². The molecule has 1 saturated carbocycles. The highest BCUT2D eigenvalue weighted by Crippen LogP contribution is 2.52. The van der Waals surface area contributed by atoms with Crippen LogP contribution in [-0.4, -0.2) is 17.6 Å². The average molecular weight is 264 g/mol. The second kappa shape index (κ2) is 4.77. The van der Waals surface area contributed by atoms with Crippen molar-refractivity contribution >= 4 is 18.4 Å². The molecule has 0 aromatic carbocycles. The van der Waals surface area contributed by atoms with E-state index in [0.29, 0.717) is 0 Å². The van der Waals surface area contributed by atoms with E-state index >= 15 is 0 Å². The molecule has 0 amide bonds. The van der Waals surface area contributed by atoms with Crippen LogP contribution in [0.15, 0.2) is 0 Å². The van der Waals surface area contributed by atoms with Crippen molar-refractivity contribution < 1.29 is 9.53 Å². The maximum Gasteiger partial charge on any atom is 0.312 e. The number of nitrogens with two attached hydrogens (primary N) is 1. The van der Waals surface area contributed by atoms with E-state index in [1.165, 1.54) is 0 Å². The third kappa shape index (κ3) is 2.94. The zero-order chi connectivity index (χ0) is 12.8. The number of ether oxygens (including phenoxy) is 1. The van der Waals surface area contributed by atoms with Crippen molar-refractivity contribution in [3.63, 3.8) is 0 Å². The zero-order valence-electron chi connectivity index (χ0n) is 11.8. The second-order valence-corrected chi connectivity index (χ2v) is 6.70. The van der Waals surface area contributed by atoms with Crippen LogP contribution in [0.5, 0.6) is 0 Å². The van der Waals surface area contributed by atoms with Gasteiger partial charge in [-0.1, -0.05) is 13.8 Å². The van der Waals surface area contributed by atoms with Gasteiger partial charge in [-0.2, -0.15) is 0 Å². The monoisotopic (exact) mass is 263 g/mol. The first-order valence-corrected chi connectivity index (χ1v) is 6.00. The van der Waals surface area contributed by atoms with Gasteiger partial charge in [-0.05, 0) is 46.0 Å². The SMILES string of the molecule is CC(C)(C)OC(=O)[C@]1(C)CC[C@H](N)C1(C)C.Cl. The fourth-order valence-corrected chi connectivity index (χ4v) is 2.29. The molecule has 0 radical (unpaired) electrons. The number of hydrogen-bond acceptors (Lipinski definition) is 3. The smallest absolute Gasteiger partial charge is 0.312 e. The number of hydrogen-bond donors (Lipinski definition) is 1. The second-order valence-electron chi connectivity index (χ2n) is 6.70. The molecule has 2 atom stereocenters. The zero-order valence-corrected chi connectivity index (χ0v) is 12.6. The maximum atomic E-state index is 12.3. The Bertz CT molecular complexity index is 296. The fourth-order valence-electron chi connectivity index (χ4n) is 2.29. The fraction of sp³-hybridized carbons (Fsp3) is 0.923. The number of carbonyl (C=O) groups excluding carboxylic acids is 1. The highest BCUT2D eigenvalue weighted by molar-refractivity contribution is 5.85. The van der Waals surface area contributed by atoms with Crippen LogP contribution in [0.4, 0.5) is 0 Å². The van der Waals surface area contributed by atoms with Gasteiger partial charge in [0.05, 0.1) is 5.41 Å². The summed E-state index contributed by atoms with van der Waals surface area (Å²) in [4.78, 5) is 12.3. The summed E-state index contributed by atoms with van der Waals surface area (Å²) in [6.45, 7) is 11.8. The highest BCUT2D eigenvalue weighted by atomic mass is 35.5. The van der Waals surface area contributed by atoms with Crippen LogP contribution in [0, 0.1) is 10.8 Å². The summed E-state index contributed by atoms with van der Waals surface area (Å²) < 4.78 is 5.51. The average Bonchev–Trinajstić information content (AvgIpc) is 2.27. The molecule has 1 rings (SSSR count). The van der Waals surface area contributed by atoms with Crippen LogP contribution in [0.2, 0.25) is 0 Å². The van der Waals surface area contributed by atoms with E-state index in [-0.39, 0.29) is 29.8 Å². The molecule has 0 saturated heterocycles. The molecule has 0 aromatic rings. The van der Waals surface area contributed by atoms with E-state index in [1.807, 2.05) is 27.7 Å². The summed E-state index contributed by atoms with van der Waals surface area (Å²) in [6, 6.07) is 0.0741. The summed E-state index contributed by atoms with van der Waals surface area (Å²) in [6.07, 6.45) is 1.71. The summed E-state index contributed by atoms with van der Waals surface area (Å²) >= 11 is 0. The predicted molar refractivity (Wildman–Crippen MR) is 72.2 cm³/mol. The Morgan fingerprint density at radius 1 is 1.29 bits per heavy atom. The van der Waals surface area contributed by atoms with Gasteiger partial charge in [-0.3, -0.25) is 4.79 Å². The molecule has 1 aliphatic rings. The molecule has 0 unspecified atom stereocenters. The standard InChI is InChI=1S/C13H25NO2.ClH/c1-11(2,3)16-10(15)13(6)8-7-9(14)12(13,4)5;/h9H,7-8,14H2,1-6H3;1H/t9-,13-;/m0./s1. The minimum absolute atomic E-state index is 0. The van der Waals surface area contributed by atoms with Crippen LogP contribution in [0.3, 0.4) is 0 Å². The molecule has 3 nitrogen and oxygen atoms in total. The minimum Gasteiger partial charge on any atom is -0.460 e. The van der Waals surface area contributed by atoms with Gasteiger partial charge in [-0.15, -0.1) is 12.4 Å². The van der Waals surface area contributed by atoms with Crippen LogP contribution in [-0.2, 0) is 9.53 Å². The molecular weight excluding hydrogens is 238 g/mol. The van der Waals surface area contributed by atoms with E-state index in [2.05, 4.69) is 13.8 Å². The molecule has 102 valence electrons. The minimum atomic E-state index is -0.459. The lowest BCUT2D eigenvalue weighted by Crippen LogP contribution is -2.47. The first kappa shape index (κ1) is 16.7. The van der Waals surface area contributed by atoms with Crippen LogP contribution >= 0.6 is 12.4 Å². The molecule has 0 bridgehead atoms. The third-order valence-corrected chi connectivity index (χ3v) is 4.15. The Balaban J connectivity index is 0.00000256. The Hall–Kier alpha value is -0.280. The van der Waals surface area contributed by atoms with Crippen molar-refractivity contribution in [1.82, 2.24) is 0 Å². The largest absolute Gasteiger partial charge is 0.460 e. The Morgan fingerprint density at radius 2 is 1.76 bits per heavy atom. The lowest BCUT2D eigenvalue weighted by Gasteiger charge is -2.40. The molecule has 1 aliphatic carbocycles. The Kier molecular flexibility index (Phi) is 4.69. The van der Waals surface area contributed by atoms with Crippen LogP contribution < -0.4 is 5.73 Å². The lowest BCUT2D eigenvalue weighted by atomic mass is 9.68. The summed E-state index contributed by atoms with van der Waals surface area (Å²) in [7, 11) is 0. The Morgan fingerprint density at radius 3 is 2.06 bits per heavy atom. The number of esters is 1. The lowest BCUT2D eigenvalue weighted by molar-refractivity contribution is -0.172. The topological polar surface area (TPSA) is 52.3 Å². The number of rotatable bonds is 1. The molecule has 4 heteroatoms. The Labute approximate surface area is 111 Å². The molecule has 0 aliphatic heterocycles. The first-order chi connectivity index (χ1) is 7.01. The maximum absolute atomic E-state index is 12.3. The van der Waals surface area contributed by atoms with Gasteiger partial charge in [0.2, 0.25) is 0 Å². The summed E-state index contributed by atoms with van der Waals surface area (Å²) in [5.74, 6) is -0.113. The molecule has 2 N–H and O–H groups in total. The van der Waals surface area contributed by atoms with Gasteiger partial charge >= 0.3 is 5.97 Å². The van der Waals surface area contributed by atoms with Crippen molar-refractivity contribution in [1.29, 1.82) is 0 Å². The quantitative estimate of drug-likeness (QED) is 0.740. The van der Waals surface area contributed by atoms with Crippen molar-refractivity contribution in [3.8, 4) is 0 Å². The predicted octanol–water partition coefficient (Wildman–Crippen LogP) is 2.90. The van der Waals surface area contributed by atoms with E-state index in [9.17, 15) is 4.79 Å². The van der Waals surface area contributed by atoms with Crippen molar-refractivity contribution in [2.24, 2.45) is 16.6 Å². The number of halogens is 1. The van der Waals surface area contributed by atoms with Gasteiger partial charge < -0.3 is 10.5 Å². The third-order valence-electron chi connectivity index (χ3n) is 4.15. The molecular formula is C13H26ClNO2. The van der Waals surface area contributed by atoms with Gasteiger partial charge in [0.15, 0.2) is 0 Å². The molecule has 0 aromatic heterocycles. The van der Waals surface area contributed by atoms with Gasteiger partial charge in [0.1, 0.15) is 5.60 Å². The summed E-state index contributed by atoms with van der Waals surface area (Å²) in [5, 5.41) is 0. The first-order valence-electron chi connectivity index (χ1n) is 6.00. The van der Waals surface area contributed by atoms with E-state index < -0.39 is 11.0 Å². The van der Waals surface area contributed by atoms with Crippen LogP contribution in [0.25, 0.3) is 0 Å². The van der Waals surface area contributed by atoms with E-state index in [1.54, 1.807) is 0 Å². The molecule has 17 heavy (non-hydrogen) atoms. The van der Waals surface area contributed by atoms with Crippen molar-refractivity contribution in [3.05, 3.63) is 0 Å². The highest BCUT2D eigenvalue weighted by Gasteiger charge is 2.56. The normalized spacial score (nSPS) is 31.8. The molecule has 0 spiro atoms. The van der Waals surface area contributed by atoms with Crippen LogP contribution in [0.1, 0.15) is 54.4 Å². The van der Waals surface area contributed by atoms with Gasteiger partial charge in [-0.25, -0.2) is 0 Å².